The molecule has 0 amide bonds. The maximum atomic E-state index is 5.92. The first-order valence-corrected chi connectivity index (χ1v) is 7.03. The van der Waals surface area contributed by atoms with Crippen LogP contribution in [-0.4, -0.2) is 13.2 Å². The molecule has 96 valence electrons. The van der Waals surface area contributed by atoms with Crippen LogP contribution in [0.15, 0.2) is 24.3 Å². The summed E-state index contributed by atoms with van der Waals surface area (Å²) >= 11 is 5.92. The summed E-state index contributed by atoms with van der Waals surface area (Å²) in [5.74, 6) is 0. The molecule has 0 unspecified atom stereocenters. The van der Waals surface area contributed by atoms with E-state index in [0.717, 1.165) is 24.7 Å². The minimum atomic E-state index is 0.800. The largest absolute Gasteiger partial charge is 0.381 e. The zero-order chi connectivity index (χ0) is 12.3. The zero-order valence-electron chi connectivity index (χ0n) is 10.8. The first-order chi connectivity index (χ1) is 8.33. The second-order valence-corrected chi connectivity index (χ2v) is 4.84. The Balaban J connectivity index is 1.97. The molecule has 0 saturated carbocycles. The topological polar surface area (TPSA) is 9.23 Å². The lowest BCUT2D eigenvalue weighted by Gasteiger charge is -2.04. The second kappa shape index (κ2) is 9.49. The Morgan fingerprint density at radius 2 is 1.88 bits per heavy atom. The van der Waals surface area contributed by atoms with Gasteiger partial charge in [-0.05, 0) is 30.5 Å². The van der Waals surface area contributed by atoms with E-state index in [0.29, 0.717) is 0 Å². The van der Waals surface area contributed by atoms with Crippen molar-refractivity contribution in [3.63, 3.8) is 0 Å². The van der Waals surface area contributed by atoms with Crippen LogP contribution in [0.25, 0.3) is 0 Å². The summed E-state index contributed by atoms with van der Waals surface area (Å²) in [5.41, 5.74) is 1.25. The summed E-state index contributed by atoms with van der Waals surface area (Å²) in [5, 5.41) is 0.807. The van der Waals surface area contributed by atoms with Gasteiger partial charge in [-0.3, -0.25) is 0 Å². The van der Waals surface area contributed by atoms with E-state index in [1.807, 2.05) is 18.2 Å². The van der Waals surface area contributed by atoms with Gasteiger partial charge in [0.05, 0.1) is 6.61 Å². The van der Waals surface area contributed by atoms with Crippen molar-refractivity contribution in [1.82, 2.24) is 0 Å². The first kappa shape index (κ1) is 14.5. The van der Waals surface area contributed by atoms with E-state index < -0.39 is 0 Å². The molecule has 1 nitrogen and oxygen atoms in total. The summed E-state index contributed by atoms with van der Waals surface area (Å²) in [7, 11) is 0. The van der Waals surface area contributed by atoms with Gasteiger partial charge in [-0.15, -0.1) is 0 Å². The summed E-state index contributed by atoms with van der Waals surface area (Å²) in [6, 6.07) is 7.99. The smallest absolute Gasteiger partial charge is 0.0506 e. The van der Waals surface area contributed by atoms with Gasteiger partial charge >= 0.3 is 0 Å². The van der Waals surface area contributed by atoms with E-state index in [4.69, 9.17) is 16.3 Å². The molecule has 0 N–H and O–H groups in total. The Morgan fingerprint density at radius 3 is 2.65 bits per heavy atom. The number of ether oxygens (including phenoxy) is 1. The van der Waals surface area contributed by atoms with Crippen molar-refractivity contribution in [2.24, 2.45) is 0 Å². The van der Waals surface area contributed by atoms with Gasteiger partial charge < -0.3 is 4.74 Å². The Labute approximate surface area is 110 Å². The highest BCUT2D eigenvalue weighted by atomic mass is 35.5. The van der Waals surface area contributed by atoms with E-state index in [1.54, 1.807) is 0 Å². The van der Waals surface area contributed by atoms with E-state index >= 15 is 0 Å². The van der Waals surface area contributed by atoms with Gasteiger partial charge in [0.25, 0.3) is 0 Å². The van der Waals surface area contributed by atoms with Gasteiger partial charge in [0, 0.05) is 11.6 Å². The summed E-state index contributed by atoms with van der Waals surface area (Å²) < 4.78 is 5.61. The molecule has 0 aliphatic rings. The molecule has 0 fully saturated rings. The molecule has 1 rings (SSSR count). The predicted octanol–water partition coefficient (Wildman–Crippen LogP) is 4.87. The Bertz CT molecular complexity index is 299. The molecular formula is C15H23ClO. The minimum Gasteiger partial charge on any atom is -0.381 e. The highest BCUT2D eigenvalue weighted by molar-refractivity contribution is 6.30. The average molecular weight is 255 g/mol. The van der Waals surface area contributed by atoms with Crippen molar-refractivity contribution in [1.29, 1.82) is 0 Å². The van der Waals surface area contributed by atoms with E-state index in [-0.39, 0.29) is 0 Å². The highest BCUT2D eigenvalue weighted by Gasteiger charge is 1.95. The lowest BCUT2D eigenvalue weighted by molar-refractivity contribution is 0.133. The standard InChI is InChI=1S/C15H23ClO/c1-2-3-4-5-6-11-17-12-10-14-8-7-9-15(16)13-14/h7-9,13H,2-6,10-12H2,1H3. The molecule has 0 saturated heterocycles. The van der Waals surface area contributed by atoms with Crippen molar-refractivity contribution in [2.45, 2.75) is 45.4 Å². The molecule has 0 atom stereocenters. The maximum absolute atomic E-state index is 5.92. The molecule has 0 heterocycles. The van der Waals surface area contributed by atoms with Crippen LogP contribution in [0.3, 0.4) is 0 Å². The van der Waals surface area contributed by atoms with Crippen molar-refractivity contribution >= 4 is 11.6 Å². The normalized spacial score (nSPS) is 10.7. The molecule has 1 aromatic carbocycles. The van der Waals surface area contributed by atoms with Crippen LogP contribution in [0.4, 0.5) is 0 Å². The number of rotatable bonds is 9. The van der Waals surface area contributed by atoms with Crippen LogP contribution in [0, 0.1) is 0 Å². The van der Waals surface area contributed by atoms with E-state index in [1.165, 1.54) is 37.7 Å². The van der Waals surface area contributed by atoms with Gasteiger partial charge in [-0.1, -0.05) is 56.3 Å². The molecule has 2 heteroatoms. The minimum absolute atomic E-state index is 0.800. The van der Waals surface area contributed by atoms with Gasteiger partial charge in [-0.2, -0.15) is 0 Å². The van der Waals surface area contributed by atoms with E-state index in [9.17, 15) is 0 Å². The first-order valence-electron chi connectivity index (χ1n) is 6.65. The van der Waals surface area contributed by atoms with Gasteiger partial charge in [0.15, 0.2) is 0 Å². The molecule has 0 radical (unpaired) electrons. The van der Waals surface area contributed by atoms with Crippen LogP contribution >= 0.6 is 11.6 Å². The molecule has 1 aromatic rings. The van der Waals surface area contributed by atoms with Crippen LogP contribution in [0.1, 0.15) is 44.6 Å². The summed E-state index contributed by atoms with van der Waals surface area (Å²) in [6.07, 6.45) is 7.43. The van der Waals surface area contributed by atoms with Gasteiger partial charge in [0.1, 0.15) is 0 Å². The second-order valence-electron chi connectivity index (χ2n) is 4.41. The monoisotopic (exact) mass is 254 g/mol. The fourth-order valence-electron chi connectivity index (χ4n) is 1.79. The third-order valence-electron chi connectivity index (χ3n) is 2.82. The van der Waals surface area contributed by atoms with Gasteiger partial charge in [0.2, 0.25) is 0 Å². The number of unbranched alkanes of at least 4 members (excludes halogenated alkanes) is 4. The van der Waals surface area contributed by atoms with E-state index in [2.05, 4.69) is 13.0 Å². The van der Waals surface area contributed by atoms with Crippen molar-refractivity contribution in [3.8, 4) is 0 Å². The quantitative estimate of drug-likeness (QED) is 0.572. The van der Waals surface area contributed by atoms with Crippen molar-refractivity contribution < 1.29 is 4.74 Å². The fraction of sp³-hybridized carbons (Fsp3) is 0.600. The lowest BCUT2D eigenvalue weighted by atomic mass is 10.1. The van der Waals surface area contributed by atoms with Crippen LogP contribution in [0.2, 0.25) is 5.02 Å². The predicted molar refractivity (Wildman–Crippen MR) is 74.7 cm³/mol. The van der Waals surface area contributed by atoms with Crippen LogP contribution in [-0.2, 0) is 11.2 Å². The fourth-order valence-corrected chi connectivity index (χ4v) is 2.01. The lowest BCUT2D eigenvalue weighted by Crippen LogP contribution is -2.00. The molecule has 0 aromatic heterocycles. The number of benzene rings is 1. The highest BCUT2D eigenvalue weighted by Crippen LogP contribution is 2.11. The molecular weight excluding hydrogens is 232 g/mol. The Kier molecular flexibility index (Phi) is 8.12. The van der Waals surface area contributed by atoms with Gasteiger partial charge in [-0.25, -0.2) is 0 Å². The number of hydrogen-bond acceptors (Lipinski definition) is 1. The van der Waals surface area contributed by atoms with Crippen LogP contribution in [0.5, 0.6) is 0 Å². The SMILES string of the molecule is CCCCCCCOCCc1cccc(Cl)c1. The maximum Gasteiger partial charge on any atom is 0.0506 e. The van der Waals surface area contributed by atoms with Crippen LogP contribution < -0.4 is 0 Å². The number of halogens is 1. The molecule has 0 aliphatic carbocycles. The summed E-state index contributed by atoms with van der Waals surface area (Å²) in [4.78, 5) is 0. The molecule has 0 aliphatic heterocycles. The summed E-state index contributed by atoms with van der Waals surface area (Å²) in [6.45, 7) is 3.93. The third-order valence-corrected chi connectivity index (χ3v) is 3.05. The van der Waals surface area contributed by atoms with Crippen molar-refractivity contribution in [3.05, 3.63) is 34.9 Å². The average Bonchev–Trinajstić information content (AvgIpc) is 2.33. The van der Waals surface area contributed by atoms with Crippen molar-refractivity contribution in [2.75, 3.05) is 13.2 Å². The molecule has 17 heavy (non-hydrogen) atoms. The third kappa shape index (κ3) is 7.40. The molecule has 0 bridgehead atoms. The molecule has 0 spiro atoms. The Morgan fingerprint density at radius 1 is 1.06 bits per heavy atom. The zero-order valence-corrected chi connectivity index (χ0v) is 11.5. The number of hydrogen-bond donors (Lipinski definition) is 0. The Hall–Kier alpha value is -0.530.